The van der Waals surface area contributed by atoms with Crippen molar-refractivity contribution in [1.82, 2.24) is 15.2 Å². The van der Waals surface area contributed by atoms with Crippen molar-refractivity contribution in [3.8, 4) is 5.75 Å². The molecule has 2 amide bonds. The first-order chi connectivity index (χ1) is 17.2. The lowest BCUT2D eigenvalue weighted by molar-refractivity contribution is -0.121. The van der Waals surface area contributed by atoms with Gasteiger partial charge in [0.05, 0.1) is 5.69 Å². The van der Waals surface area contributed by atoms with Crippen LogP contribution in [0.2, 0.25) is 0 Å². The van der Waals surface area contributed by atoms with Crippen LogP contribution in [-0.4, -0.2) is 54.5 Å². The summed E-state index contributed by atoms with van der Waals surface area (Å²) in [7, 11) is 0. The lowest BCUT2D eigenvalue weighted by Crippen LogP contribution is -2.45. The molecule has 3 heterocycles. The first-order valence-electron chi connectivity index (χ1n) is 12.2. The standard InChI is InChI=1S/C28H30N4O3/c33-27-20-35-26-10-4-3-9-25(26)32(27)17-16-31-14-11-22(12-15-31)23-7-1-2-8-24(23)28(34)30-19-21-6-5-13-29-18-21/h1-10,13,18,22H,11-12,14-17,19-20H2,(H,30,34). The highest BCUT2D eigenvalue weighted by atomic mass is 16.5. The molecule has 0 saturated carbocycles. The number of nitrogens with one attached hydrogen (secondary N) is 1. The van der Waals surface area contributed by atoms with E-state index in [2.05, 4.69) is 21.3 Å². The Labute approximate surface area is 205 Å². The van der Waals surface area contributed by atoms with Crippen molar-refractivity contribution in [2.75, 3.05) is 37.7 Å². The van der Waals surface area contributed by atoms with Gasteiger partial charge in [-0.1, -0.05) is 36.4 Å². The fraction of sp³-hybridized carbons (Fsp3) is 0.321. The zero-order valence-corrected chi connectivity index (χ0v) is 19.7. The van der Waals surface area contributed by atoms with Gasteiger partial charge in [0.2, 0.25) is 0 Å². The molecule has 1 aromatic heterocycles. The SMILES string of the molecule is O=C(NCc1cccnc1)c1ccccc1C1CCN(CCN2C(=O)COc3ccccc32)CC1. The minimum Gasteiger partial charge on any atom is -0.482 e. The number of likely N-dealkylation sites (tertiary alicyclic amines) is 1. The van der Waals surface area contributed by atoms with Gasteiger partial charge in [-0.05, 0) is 67.2 Å². The number of anilines is 1. The molecule has 2 aliphatic rings. The number of amides is 2. The number of hydrogen-bond donors (Lipinski definition) is 1. The third-order valence-electron chi connectivity index (χ3n) is 6.86. The summed E-state index contributed by atoms with van der Waals surface area (Å²) in [5.41, 5.74) is 3.70. The molecule has 7 nitrogen and oxygen atoms in total. The van der Waals surface area contributed by atoms with Gasteiger partial charge in [-0.15, -0.1) is 0 Å². The van der Waals surface area contributed by atoms with Crippen LogP contribution < -0.4 is 15.0 Å². The van der Waals surface area contributed by atoms with Gasteiger partial charge in [-0.25, -0.2) is 0 Å². The summed E-state index contributed by atoms with van der Waals surface area (Å²) < 4.78 is 5.55. The second-order valence-corrected chi connectivity index (χ2v) is 9.05. The summed E-state index contributed by atoms with van der Waals surface area (Å²) in [6.07, 6.45) is 5.47. The monoisotopic (exact) mass is 470 g/mol. The number of carbonyl (C=O) groups excluding carboxylic acids is 2. The largest absolute Gasteiger partial charge is 0.482 e. The Morgan fingerprint density at radius 2 is 1.80 bits per heavy atom. The summed E-state index contributed by atoms with van der Waals surface area (Å²) in [5.74, 6) is 1.07. The molecule has 35 heavy (non-hydrogen) atoms. The Morgan fingerprint density at radius 3 is 2.63 bits per heavy atom. The molecule has 1 N–H and O–H groups in total. The lowest BCUT2D eigenvalue weighted by Gasteiger charge is -2.35. The van der Waals surface area contributed by atoms with Crippen molar-refractivity contribution in [2.24, 2.45) is 0 Å². The second-order valence-electron chi connectivity index (χ2n) is 9.05. The number of para-hydroxylation sites is 2. The van der Waals surface area contributed by atoms with E-state index in [9.17, 15) is 9.59 Å². The third kappa shape index (κ3) is 5.35. The van der Waals surface area contributed by atoms with E-state index in [1.165, 1.54) is 0 Å². The maximum atomic E-state index is 13.0. The number of benzene rings is 2. The summed E-state index contributed by atoms with van der Waals surface area (Å²) in [6, 6.07) is 19.5. The van der Waals surface area contributed by atoms with E-state index in [0.717, 1.165) is 60.6 Å². The molecular formula is C28H30N4O3. The normalized spacial score (nSPS) is 16.5. The number of hydrogen-bond acceptors (Lipinski definition) is 5. The zero-order valence-electron chi connectivity index (χ0n) is 19.7. The number of pyridine rings is 1. The van der Waals surface area contributed by atoms with Crippen LogP contribution in [0.5, 0.6) is 5.75 Å². The van der Waals surface area contributed by atoms with Crippen molar-refractivity contribution in [3.63, 3.8) is 0 Å². The Hall–Kier alpha value is -3.71. The van der Waals surface area contributed by atoms with Gasteiger partial charge in [-0.2, -0.15) is 0 Å². The minimum absolute atomic E-state index is 0.00445. The van der Waals surface area contributed by atoms with Crippen LogP contribution in [0.4, 0.5) is 5.69 Å². The third-order valence-corrected chi connectivity index (χ3v) is 6.86. The van der Waals surface area contributed by atoms with Gasteiger partial charge in [-0.3, -0.25) is 14.6 Å². The number of carbonyl (C=O) groups is 2. The van der Waals surface area contributed by atoms with Gasteiger partial charge >= 0.3 is 0 Å². The number of aromatic nitrogens is 1. The number of nitrogens with zero attached hydrogens (tertiary/aromatic N) is 3. The molecule has 1 saturated heterocycles. The van der Waals surface area contributed by atoms with Gasteiger partial charge in [0.15, 0.2) is 6.61 Å². The fourth-order valence-electron chi connectivity index (χ4n) is 4.95. The van der Waals surface area contributed by atoms with Gasteiger partial charge in [0, 0.05) is 37.6 Å². The van der Waals surface area contributed by atoms with Crippen LogP contribution in [0.15, 0.2) is 73.1 Å². The van der Waals surface area contributed by atoms with Crippen molar-refractivity contribution in [1.29, 1.82) is 0 Å². The Kier molecular flexibility index (Phi) is 7.04. The molecule has 2 aliphatic heterocycles. The topological polar surface area (TPSA) is 74.8 Å². The molecular weight excluding hydrogens is 440 g/mol. The highest BCUT2D eigenvalue weighted by Gasteiger charge is 2.28. The summed E-state index contributed by atoms with van der Waals surface area (Å²) in [5, 5.41) is 3.04. The minimum atomic E-state index is -0.0450. The maximum Gasteiger partial charge on any atom is 0.265 e. The van der Waals surface area contributed by atoms with Crippen molar-refractivity contribution in [2.45, 2.75) is 25.3 Å². The Bertz CT molecular complexity index is 1180. The van der Waals surface area contributed by atoms with Gasteiger partial charge in [0.1, 0.15) is 5.75 Å². The van der Waals surface area contributed by atoms with Crippen LogP contribution in [0.3, 0.4) is 0 Å². The maximum absolute atomic E-state index is 13.0. The van der Waals surface area contributed by atoms with Crippen LogP contribution in [-0.2, 0) is 11.3 Å². The summed E-state index contributed by atoms with van der Waals surface area (Å²) >= 11 is 0. The van der Waals surface area contributed by atoms with Crippen LogP contribution in [0, 0.1) is 0 Å². The first kappa shape index (κ1) is 23.1. The average molecular weight is 471 g/mol. The quantitative estimate of drug-likeness (QED) is 0.571. The molecule has 0 radical (unpaired) electrons. The highest BCUT2D eigenvalue weighted by Crippen LogP contribution is 2.33. The number of ether oxygens (including phenoxy) is 1. The zero-order chi connectivity index (χ0) is 24.0. The fourth-order valence-corrected chi connectivity index (χ4v) is 4.95. The molecule has 180 valence electrons. The molecule has 2 aromatic carbocycles. The molecule has 0 aliphatic carbocycles. The van der Waals surface area contributed by atoms with E-state index in [0.29, 0.717) is 19.0 Å². The second kappa shape index (κ2) is 10.7. The van der Waals surface area contributed by atoms with Gasteiger partial charge in [0.25, 0.3) is 11.8 Å². The predicted octanol–water partition coefficient (Wildman–Crippen LogP) is 3.62. The van der Waals surface area contributed by atoms with Crippen molar-refractivity contribution >= 4 is 17.5 Å². The molecule has 0 unspecified atom stereocenters. The lowest BCUT2D eigenvalue weighted by atomic mass is 9.86. The summed E-state index contributed by atoms with van der Waals surface area (Å²) in [4.78, 5) is 33.8. The van der Waals surface area contributed by atoms with Crippen LogP contribution in [0.25, 0.3) is 0 Å². The Balaban J connectivity index is 1.17. The van der Waals surface area contributed by atoms with E-state index >= 15 is 0 Å². The summed E-state index contributed by atoms with van der Waals surface area (Å²) in [6.45, 7) is 3.91. The highest BCUT2D eigenvalue weighted by molar-refractivity contribution is 5.97. The van der Waals surface area contributed by atoms with Crippen LogP contribution in [0.1, 0.15) is 40.2 Å². The molecule has 0 bridgehead atoms. The predicted molar refractivity (Wildman–Crippen MR) is 135 cm³/mol. The molecule has 1 fully saturated rings. The van der Waals surface area contributed by atoms with E-state index in [1.54, 1.807) is 12.4 Å². The van der Waals surface area contributed by atoms with Crippen LogP contribution >= 0.6 is 0 Å². The number of fused-ring (bicyclic) bond motifs is 1. The molecule has 5 rings (SSSR count). The molecule has 0 spiro atoms. The van der Waals surface area contributed by atoms with E-state index in [1.807, 2.05) is 59.5 Å². The van der Waals surface area contributed by atoms with Crippen molar-refractivity contribution in [3.05, 3.63) is 89.7 Å². The Morgan fingerprint density at radius 1 is 1.00 bits per heavy atom. The average Bonchev–Trinajstić information content (AvgIpc) is 2.92. The van der Waals surface area contributed by atoms with E-state index in [-0.39, 0.29) is 18.4 Å². The molecule has 7 heteroatoms. The van der Waals surface area contributed by atoms with E-state index in [4.69, 9.17) is 4.74 Å². The smallest absolute Gasteiger partial charge is 0.265 e. The van der Waals surface area contributed by atoms with Gasteiger partial charge < -0.3 is 19.9 Å². The first-order valence-corrected chi connectivity index (χ1v) is 12.2. The van der Waals surface area contributed by atoms with E-state index < -0.39 is 0 Å². The number of rotatable bonds is 7. The molecule has 0 atom stereocenters. The van der Waals surface area contributed by atoms with Crippen molar-refractivity contribution < 1.29 is 14.3 Å². The molecule has 3 aromatic rings. The number of piperidine rings is 1.